The minimum Gasteiger partial charge on any atom is -0.852 e. The van der Waals surface area contributed by atoms with Crippen molar-refractivity contribution in [1.82, 2.24) is 0 Å². The van der Waals surface area contributed by atoms with Crippen molar-refractivity contribution in [2.75, 3.05) is 0 Å². The SMILES string of the molecule is CC(C)[O-].CC(C)[O-].C[SiH2]C.[Ti+2]. The third-order valence-electron chi connectivity index (χ3n) is 0. The van der Waals surface area contributed by atoms with Gasteiger partial charge >= 0.3 is 21.7 Å². The van der Waals surface area contributed by atoms with Gasteiger partial charge in [0.15, 0.2) is 0 Å². The van der Waals surface area contributed by atoms with Crippen LogP contribution in [0.5, 0.6) is 0 Å². The second-order valence-corrected chi connectivity index (χ2v) is 4.22. The van der Waals surface area contributed by atoms with Crippen molar-refractivity contribution >= 4 is 9.52 Å². The van der Waals surface area contributed by atoms with Crippen LogP contribution in [-0.4, -0.2) is 21.7 Å². The van der Waals surface area contributed by atoms with E-state index >= 15 is 0 Å². The first-order valence-electron chi connectivity index (χ1n) is 4.20. The van der Waals surface area contributed by atoms with E-state index in [-0.39, 0.29) is 21.7 Å². The summed E-state index contributed by atoms with van der Waals surface area (Å²) in [5, 5.41) is 19.1. The standard InChI is InChI=1S/2C3H7O.C2H8Si.Ti/c2*1-3(2)4;1-3-2;/h2*3H,1-2H3;3H2,1-2H3;/q2*-1;;+2. The molecular formula is C8H22O2SiTi. The van der Waals surface area contributed by atoms with Gasteiger partial charge in [-0.1, -0.05) is 40.8 Å². The van der Waals surface area contributed by atoms with Gasteiger partial charge in [-0.15, -0.1) is 12.2 Å². The molecule has 0 heterocycles. The first-order chi connectivity index (χ1) is 4.88. The van der Waals surface area contributed by atoms with Crippen molar-refractivity contribution < 1.29 is 31.9 Å². The van der Waals surface area contributed by atoms with Gasteiger partial charge in [0.2, 0.25) is 0 Å². The van der Waals surface area contributed by atoms with Crippen molar-refractivity contribution in [3.63, 3.8) is 0 Å². The van der Waals surface area contributed by atoms with Crippen molar-refractivity contribution in [3.8, 4) is 0 Å². The molecule has 0 fully saturated rings. The smallest absolute Gasteiger partial charge is 0.852 e. The first-order valence-corrected chi connectivity index (χ1v) is 7.02. The fraction of sp³-hybridized carbons (Fsp3) is 1.00. The Morgan fingerprint density at radius 2 is 0.833 bits per heavy atom. The van der Waals surface area contributed by atoms with E-state index in [1.54, 1.807) is 27.7 Å². The number of rotatable bonds is 0. The van der Waals surface area contributed by atoms with Gasteiger partial charge in [-0.05, 0) is 0 Å². The maximum Gasteiger partial charge on any atom is 2.00 e. The third-order valence-corrected chi connectivity index (χ3v) is 0. The van der Waals surface area contributed by atoms with Gasteiger partial charge in [0, 0.05) is 9.52 Å². The molecule has 0 saturated heterocycles. The molecule has 0 aromatic heterocycles. The van der Waals surface area contributed by atoms with Crippen LogP contribution >= 0.6 is 0 Å². The van der Waals surface area contributed by atoms with Gasteiger partial charge in [-0.25, -0.2) is 0 Å². The molecule has 74 valence electrons. The molecule has 0 aromatic rings. The summed E-state index contributed by atoms with van der Waals surface area (Å²) in [4.78, 5) is 0. The van der Waals surface area contributed by atoms with Crippen LogP contribution in [0.15, 0.2) is 0 Å². The van der Waals surface area contributed by atoms with E-state index in [4.69, 9.17) is 0 Å². The molecular weight excluding hydrogens is 204 g/mol. The van der Waals surface area contributed by atoms with Crippen LogP contribution in [0, 0.1) is 0 Å². The molecule has 0 rings (SSSR count). The molecule has 0 N–H and O–H groups in total. The molecule has 0 radical (unpaired) electrons. The monoisotopic (exact) mass is 226 g/mol. The van der Waals surface area contributed by atoms with Crippen LogP contribution in [0.1, 0.15) is 27.7 Å². The average Bonchev–Trinajstić information content (AvgIpc) is 1.60. The molecule has 0 amide bonds. The van der Waals surface area contributed by atoms with Gasteiger partial charge in [-0.3, -0.25) is 0 Å². The van der Waals surface area contributed by atoms with E-state index in [0.29, 0.717) is 9.52 Å². The van der Waals surface area contributed by atoms with Crippen molar-refractivity contribution in [2.24, 2.45) is 0 Å². The van der Waals surface area contributed by atoms with Crippen LogP contribution in [-0.2, 0) is 21.7 Å². The predicted octanol–water partition coefficient (Wildman–Crippen LogP) is -0.241. The Morgan fingerprint density at radius 1 is 0.833 bits per heavy atom. The van der Waals surface area contributed by atoms with Gasteiger partial charge in [0.25, 0.3) is 0 Å². The minimum absolute atomic E-state index is 0. The van der Waals surface area contributed by atoms with Gasteiger partial charge in [0.05, 0.1) is 0 Å². The van der Waals surface area contributed by atoms with E-state index in [1.165, 1.54) is 0 Å². The molecule has 2 nitrogen and oxygen atoms in total. The second-order valence-electron chi connectivity index (χ2n) is 2.80. The predicted molar refractivity (Wildman–Crippen MR) is 50.5 cm³/mol. The Labute approximate surface area is 94.5 Å². The minimum atomic E-state index is -0.417. The Morgan fingerprint density at radius 3 is 0.833 bits per heavy atom. The average molecular weight is 226 g/mol. The summed E-state index contributed by atoms with van der Waals surface area (Å²) in [6, 6.07) is 0. The van der Waals surface area contributed by atoms with Crippen LogP contribution in [0.3, 0.4) is 0 Å². The van der Waals surface area contributed by atoms with Crippen LogP contribution in [0.25, 0.3) is 0 Å². The fourth-order valence-corrected chi connectivity index (χ4v) is 0. The van der Waals surface area contributed by atoms with Crippen LogP contribution in [0.2, 0.25) is 13.1 Å². The number of hydrogen-bond donors (Lipinski definition) is 0. The third kappa shape index (κ3) is 1450. The Hall–Kier alpha value is 0.851. The van der Waals surface area contributed by atoms with Gasteiger partial charge in [0.1, 0.15) is 0 Å². The fourth-order valence-electron chi connectivity index (χ4n) is 0. The maximum atomic E-state index is 9.53. The van der Waals surface area contributed by atoms with Crippen molar-refractivity contribution in [2.45, 2.75) is 53.0 Å². The summed E-state index contributed by atoms with van der Waals surface area (Å²) in [7, 11) is 0.417. The summed E-state index contributed by atoms with van der Waals surface area (Å²) < 4.78 is 0. The Bertz CT molecular complexity index is 40.8. The molecule has 0 unspecified atom stereocenters. The van der Waals surface area contributed by atoms with Crippen molar-refractivity contribution in [1.29, 1.82) is 0 Å². The zero-order valence-electron chi connectivity index (χ0n) is 9.18. The van der Waals surface area contributed by atoms with Gasteiger partial charge in [-0.2, -0.15) is 0 Å². The quantitative estimate of drug-likeness (QED) is 0.535. The largest absolute Gasteiger partial charge is 2.00 e. The van der Waals surface area contributed by atoms with E-state index < -0.39 is 12.2 Å². The molecule has 0 bridgehead atoms. The Kier molecular flexibility index (Phi) is 43.5. The molecule has 0 aliphatic heterocycles. The van der Waals surface area contributed by atoms with E-state index in [1.807, 2.05) is 0 Å². The molecule has 0 aliphatic carbocycles. The molecule has 0 atom stereocenters. The molecule has 0 spiro atoms. The second kappa shape index (κ2) is 22.6. The molecule has 0 aromatic carbocycles. The van der Waals surface area contributed by atoms with E-state index in [0.717, 1.165) is 0 Å². The van der Waals surface area contributed by atoms with Crippen LogP contribution < -0.4 is 10.2 Å². The molecule has 0 aliphatic rings. The summed E-state index contributed by atoms with van der Waals surface area (Å²) >= 11 is 0. The van der Waals surface area contributed by atoms with Crippen molar-refractivity contribution in [3.05, 3.63) is 0 Å². The zero-order valence-corrected chi connectivity index (χ0v) is 12.2. The van der Waals surface area contributed by atoms with E-state index in [2.05, 4.69) is 13.1 Å². The first kappa shape index (κ1) is 23.0. The summed E-state index contributed by atoms with van der Waals surface area (Å²) in [6.07, 6.45) is -0.833. The Balaban J connectivity index is -0.0000000389. The normalized spacial score (nSPS) is 7.50. The number of hydrogen-bond acceptors (Lipinski definition) is 2. The molecule has 12 heavy (non-hydrogen) atoms. The maximum absolute atomic E-state index is 9.53. The van der Waals surface area contributed by atoms with Gasteiger partial charge < -0.3 is 10.2 Å². The molecule has 4 heteroatoms. The zero-order chi connectivity index (χ0) is 9.86. The molecule has 0 saturated carbocycles. The van der Waals surface area contributed by atoms with E-state index in [9.17, 15) is 10.2 Å². The summed E-state index contributed by atoms with van der Waals surface area (Å²) in [5.74, 6) is 0. The topological polar surface area (TPSA) is 46.1 Å². The van der Waals surface area contributed by atoms with Crippen LogP contribution in [0.4, 0.5) is 0 Å². The summed E-state index contributed by atoms with van der Waals surface area (Å²) in [5.41, 5.74) is 0. The summed E-state index contributed by atoms with van der Waals surface area (Å²) in [6.45, 7) is 11.0.